The van der Waals surface area contributed by atoms with Crippen molar-refractivity contribution in [1.29, 1.82) is 0 Å². The fourth-order valence-corrected chi connectivity index (χ4v) is 1.09. The summed E-state index contributed by atoms with van der Waals surface area (Å²) in [7, 11) is 0. The lowest BCUT2D eigenvalue weighted by Gasteiger charge is -2.06. The van der Waals surface area contributed by atoms with Gasteiger partial charge in [0.2, 0.25) is 0 Å². The second-order valence-electron chi connectivity index (χ2n) is 3.27. The summed E-state index contributed by atoms with van der Waals surface area (Å²) in [6, 6.07) is 0. The van der Waals surface area contributed by atoms with Crippen LogP contribution in [0.15, 0.2) is 12.4 Å². The number of rotatable bonds is 6. The summed E-state index contributed by atoms with van der Waals surface area (Å²) in [5.41, 5.74) is 0. The summed E-state index contributed by atoms with van der Waals surface area (Å²) in [4.78, 5) is 0. The molecule has 1 N–H and O–H groups in total. The predicted molar refractivity (Wildman–Crippen MR) is 50.1 cm³/mol. The molecule has 0 radical (unpaired) electrons. The Bertz CT molecular complexity index is 312. The molecule has 0 aromatic carbocycles. The summed E-state index contributed by atoms with van der Waals surface area (Å²) in [6.45, 7) is -0.663. The van der Waals surface area contributed by atoms with Crippen LogP contribution in [0.1, 0.15) is 12.8 Å². The van der Waals surface area contributed by atoms with Crippen molar-refractivity contribution in [3.8, 4) is 5.75 Å². The minimum absolute atomic E-state index is 0.0959. The van der Waals surface area contributed by atoms with E-state index in [9.17, 15) is 13.2 Å². The van der Waals surface area contributed by atoms with Crippen LogP contribution < -0.4 is 4.74 Å². The molecule has 1 aromatic rings. The number of ether oxygens (including phenoxy) is 1. The van der Waals surface area contributed by atoms with Crippen LogP contribution in [0.5, 0.6) is 5.75 Å². The zero-order chi connectivity index (χ0) is 12.0. The molecule has 1 rings (SSSR count). The number of nitrogens with zero attached hydrogens (tertiary/aromatic N) is 2. The van der Waals surface area contributed by atoms with Crippen molar-refractivity contribution >= 4 is 0 Å². The predicted octanol–water partition coefficient (Wildman–Crippen LogP) is 1.60. The van der Waals surface area contributed by atoms with Crippen LogP contribution in [0.3, 0.4) is 0 Å². The van der Waals surface area contributed by atoms with Crippen molar-refractivity contribution in [1.82, 2.24) is 9.78 Å². The van der Waals surface area contributed by atoms with E-state index in [0.717, 1.165) is 6.42 Å². The molecule has 0 bridgehead atoms. The van der Waals surface area contributed by atoms with Gasteiger partial charge in [-0.15, -0.1) is 0 Å². The van der Waals surface area contributed by atoms with Crippen molar-refractivity contribution in [3.63, 3.8) is 0 Å². The fourth-order valence-electron chi connectivity index (χ4n) is 1.09. The Labute approximate surface area is 90.6 Å². The van der Waals surface area contributed by atoms with Crippen molar-refractivity contribution < 1.29 is 23.0 Å². The number of halogens is 3. The molecule has 1 heterocycles. The van der Waals surface area contributed by atoms with Crippen LogP contribution in [-0.4, -0.2) is 34.3 Å². The largest absolute Gasteiger partial charge is 0.481 e. The summed E-state index contributed by atoms with van der Waals surface area (Å²) in [6.07, 6.45) is -0.331. The minimum atomic E-state index is -4.33. The lowest BCUT2D eigenvalue weighted by Crippen LogP contribution is -2.19. The number of hydrogen-bond acceptors (Lipinski definition) is 3. The molecule has 0 fully saturated rings. The number of hydrogen-bond donors (Lipinski definition) is 1. The Morgan fingerprint density at radius 2 is 2.12 bits per heavy atom. The first-order valence-corrected chi connectivity index (χ1v) is 4.84. The summed E-state index contributed by atoms with van der Waals surface area (Å²) in [5, 5.41) is 12.4. The number of aromatic nitrogens is 2. The SMILES string of the molecule is OCCCCn1cc(OCC(F)(F)F)cn1. The first kappa shape index (κ1) is 12.8. The van der Waals surface area contributed by atoms with E-state index in [0.29, 0.717) is 13.0 Å². The number of unbranched alkanes of at least 4 members (excludes halogenated alkanes) is 1. The van der Waals surface area contributed by atoms with E-state index in [1.54, 1.807) is 0 Å². The normalized spacial score (nSPS) is 11.8. The van der Waals surface area contributed by atoms with Gasteiger partial charge in [0, 0.05) is 13.2 Å². The number of alkyl halides is 3. The molecule has 0 aliphatic rings. The van der Waals surface area contributed by atoms with Crippen molar-refractivity contribution in [3.05, 3.63) is 12.4 Å². The molecule has 1 aromatic heterocycles. The quantitative estimate of drug-likeness (QED) is 0.766. The second kappa shape index (κ2) is 5.74. The average Bonchev–Trinajstić information content (AvgIpc) is 2.62. The average molecular weight is 238 g/mol. The smallest absolute Gasteiger partial charge is 0.422 e. The summed E-state index contributed by atoms with van der Waals surface area (Å²) in [5.74, 6) is 0.0984. The molecule has 7 heteroatoms. The van der Waals surface area contributed by atoms with E-state index in [-0.39, 0.29) is 12.4 Å². The number of aliphatic hydroxyl groups excluding tert-OH is 1. The molecule has 92 valence electrons. The molecule has 0 atom stereocenters. The van der Waals surface area contributed by atoms with Crippen molar-refractivity contribution in [2.24, 2.45) is 0 Å². The van der Waals surface area contributed by atoms with Gasteiger partial charge in [0.05, 0.1) is 12.4 Å². The van der Waals surface area contributed by atoms with E-state index >= 15 is 0 Å². The van der Waals surface area contributed by atoms with Gasteiger partial charge in [0.1, 0.15) is 0 Å². The molecule has 0 spiro atoms. The number of aliphatic hydroxyl groups is 1. The third kappa shape index (κ3) is 5.01. The van der Waals surface area contributed by atoms with Gasteiger partial charge in [-0.2, -0.15) is 18.3 Å². The highest BCUT2D eigenvalue weighted by atomic mass is 19.4. The van der Waals surface area contributed by atoms with Crippen LogP contribution in [0.4, 0.5) is 13.2 Å². The molecule has 0 aliphatic carbocycles. The van der Waals surface area contributed by atoms with Gasteiger partial charge >= 0.3 is 6.18 Å². The molecule has 0 saturated heterocycles. The fraction of sp³-hybridized carbons (Fsp3) is 0.667. The van der Waals surface area contributed by atoms with Crippen LogP contribution >= 0.6 is 0 Å². The topological polar surface area (TPSA) is 47.3 Å². The maximum atomic E-state index is 11.8. The highest BCUT2D eigenvalue weighted by Gasteiger charge is 2.28. The van der Waals surface area contributed by atoms with E-state index in [4.69, 9.17) is 5.11 Å². The molecule has 0 unspecified atom stereocenters. The van der Waals surface area contributed by atoms with Crippen LogP contribution in [-0.2, 0) is 6.54 Å². The first-order valence-electron chi connectivity index (χ1n) is 4.84. The van der Waals surface area contributed by atoms with Crippen LogP contribution in [0, 0.1) is 0 Å². The van der Waals surface area contributed by atoms with Crippen LogP contribution in [0.25, 0.3) is 0 Å². The molecule has 4 nitrogen and oxygen atoms in total. The molecule has 0 amide bonds. The first-order chi connectivity index (χ1) is 7.51. The minimum Gasteiger partial charge on any atom is -0.481 e. The van der Waals surface area contributed by atoms with Gasteiger partial charge in [-0.3, -0.25) is 4.68 Å². The standard InChI is InChI=1S/C9H13F3N2O2/c10-9(11,12)7-16-8-5-13-14(6-8)3-1-2-4-15/h5-6,15H,1-4,7H2. The van der Waals surface area contributed by atoms with Gasteiger partial charge in [-0.1, -0.05) is 0 Å². The van der Waals surface area contributed by atoms with E-state index in [2.05, 4.69) is 9.84 Å². The second-order valence-corrected chi connectivity index (χ2v) is 3.27. The summed E-state index contributed by atoms with van der Waals surface area (Å²) < 4.78 is 41.4. The van der Waals surface area contributed by atoms with Gasteiger partial charge in [0.15, 0.2) is 12.4 Å². The third-order valence-corrected chi connectivity index (χ3v) is 1.81. The highest BCUT2D eigenvalue weighted by molar-refractivity contribution is 5.11. The van der Waals surface area contributed by atoms with Gasteiger partial charge in [0.25, 0.3) is 0 Å². The molecule has 16 heavy (non-hydrogen) atoms. The molecular formula is C9H13F3N2O2. The highest BCUT2D eigenvalue weighted by Crippen LogP contribution is 2.17. The zero-order valence-corrected chi connectivity index (χ0v) is 8.57. The van der Waals surface area contributed by atoms with Crippen molar-refractivity contribution in [2.45, 2.75) is 25.6 Å². The Kier molecular flexibility index (Phi) is 4.60. The van der Waals surface area contributed by atoms with Crippen molar-refractivity contribution in [2.75, 3.05) is 13.2 Å². The maximum absolute atomic E-state index is 11.8. The molecular weight excluding hydrogens is 225 g/mol. The Morgan fingerprint density at radius 3 is 2.75 bits per heavy atom. The summed E-state index contributed by atoms with van der Waals surface area (Å²) >= 11 is 0. The van der Waals surface area contributed by atoms with E-state index in [1.807, 2.05) is 0 Å². The lowest BCUT2D eigenvalue weighted by molar-refractivity contribution is -0.153. The van der Waals surface area contributed by atoms with E-state index < -0.39 is 12.8 Å². The molecule has 0 saturated carbocycles. The van der Waals surface area contributed by atoms with Gasteiger partial charge in [-0.25, -0.2) is 0 Å². The van der Waals surface area contributed by atoms with Crippen LogP contribution in [0.2, 0.25) is 0 Å². The zero-order valence-electron chi connectivity index (χ0n) is 8.57. The van der Waals surface area contributed by atoms with Gasteiger partial charge in [-0.05, 0) is 12.8 Å². The van der Waals surface area contributed by atoms with E-state index in [1.165, 1.54) is 17.1 Å². The Hall–Kier alpha value is -1.24. The molecule has 0 aliphatic heterocycles. The third-order valence-electron chi connectivity index (χ3n) is 1.81. The lowest BCUT2D eigenvalue weighted by atomic mass is 10.3. The number of aryl methyl sites for hydroxylation is 1. The monoisotopic (exact) mass is 238 g/mol. The Morgan fingerprint density at radius 1 is 1.38 bits per heavy atom. The Balaban J connectivity index is 2.33. The maximum Gasteiger partial charge on any atom is 0.422 e. The van der Waals surface area contributed by atoms with Gasteiger partial charge < -0.3 is 9.84 Å².